The highest BCUT2D eigenvalue weighted by Gasteiger charge is 2.16. The van der Waals surface area contributed by atoms with Crippen LogP contribution in [-0.4, -0.2) is 12.0 Å². The van der Waals surface area contributed by atoms with Crippen molar-refractivity contribution in [1.82, 2.24) is 5.43 Å². The maximum absolute atomic E-state index is 11.1. The Morgan fingerprint density at radius 3 is 2.44 bits per heavy atom. The third kappa shape index (κ3) is 3.15. The first-order valence-electron chi connectivity index (χ1n) is 4.27. The molecule has 1 amide bonds. The first-order valence-corrected chi connectivity index (χ1v) is 5.40. The number of hydrogen-bond acceptors (Lipinski definition) is 3. The van der Waals surface area contributed by atoms with Crippen molar-refractivity contribution in [2.24, 2.45) is 5.84 Å². The molecule has 4 nitrogen and oxygen atoms in total. The molecular formula is C9H9Cl3N2O2. The summed E-state index contributed by atoms with van der Waals surface area (Å²) in [6.07, 6.45) is -0.778. The normalized spacial score (nSPS) is 12.1. The lowest BCUT2D eigenvalue weighted by molar-refractivity contribution is -0.127. The fourth-order valence-electron chi connectivity index (χ4n) is 0.956. The van der Waals surface area contributed by atoms with Gasteiger partial charge in [-0.25, -0.2) is 5.84 Å². The first-order chi connectivity index (χ1) is 7.45. The van der Waals surface area contributed by atoms with Gasteiger partial charge in [-0.1, -0.05) is 34.8 Å². The monoisotopic (exact) mass is 282 g/mol. The molecule has 1 unspecified atom stereocenters. The summed E-state index contributed by atoms with van der Waals surface area (Å²) >= 11 is 17.4. The van der Waals surface area contributed by atoms with Crippen LogP contribution in [0.3, 0.4) is 0 Å². The molecule has 0 saturated heterocycles. The maximum Gasteiger partial charge on any atom is 0.274 e. The molecule has 0 aliphatic heterocycles. The molecule has 3 N–H and O–H groups in total. The minimum Gasteiger partial charge on any atom is -0.479 e. The highest BCUT2D eigenvalue weighted by Crippen LogP contribution is 2.34. The molecule has 0 radical (unpaired) electrons. The summed E-state index contributed by atoms with van der Waals surface area (Å²) in [7, 11) is 0. The van der Waals surface area contributed by atoms with Gasteiger partial charge in [0, 0.05) is 6.07 Å². The van der Waals surface area contributed by atoms with E-state index in [0.717, 1.165) is 0 Å². The molecule has 0 bridgehead atoms. The van der Waals surface area contributed by atoms with E-state index in [1.165, 1.54) is 19.1 Å². The lowest BCUT2D eigenvalue weighted by atomic mass is 10.3. The molecule has 88 valence electrons. The Kier molecular flexibility index (Phi) is 4.68. The number of benzene rings is 1. The standard InChI is InChI=1S/C9H9Cl3N2O2/c1-4(9(15)14-13)16-8-3-6(11)5(10)2-7(8)12/h2-4H,13H2,1H3,(H,14,15). The molecule has 0 aliphatic carbocycles. The number of hydrazine groups is 1. The topological polar surface area (TPSA) is 64.3 Å². The van der Waals surface area contributed by atoms with Gasteiger partial charge in [-0.2, -0.15) is 0 Å². The molecule has 1 aromatic carbocycles. The van der Waals surface area contributed by atoms with E-state index in [0.29, 0.717) is 10.0 Å². The number of hydrogen-bond donors (Lipinski definition) is 2. The quantitative estimate of drug-likeness (QED) is 0.387. The van der Waals surface area contributed by atoms with Crippen LogP contribution in [0.15, 0.2) is 12.1 Å². The molecule has 1 rings (SSSR count). The van der Waals surface area contributed by atoms with Crippen LogP contribution in [0.25, 0.3) is 0 Å². The molecule has 1 aromatic rings. The van der Waals surface area contributed by atoms with E-state index in [1.54, 1.807) is 0 Å². The number of amides is 1. The highest BCUT2D eigenvalue weighted by molar-refractivity contribution is 6.43. The summed E-state index contributed by atoms with van der Waals surface area (Å²) in [4.78, 5) is 11.1. The van der Waals surface area contributed by atoms with Gasteiger partial charge in [0.15, 0.2) is 6.10 Å². The zero-order valence-corrected chi connectivity index (χ0v) is 10.5. The summed E-state index contributed by atoms with van der Waals surface area (Å²) < 4.78 is 5.27. The number of carbonyl (C=O) groups is 1. The summed E-state index contributed by atoms with van der Waals surface area (Å²) in [5.41, 5.74) is 1.96. The number of rotatable bonds is 3. The number of nitrogens with one attached hydrogen (secondary N) is 1. The second kappa shape index (κ2) is 5.59. The van der Waals surface area contributed by atoms with Gasteiger partial charge in [0.25, 0.3) is 5.91 Å². The molecule has 0 fully saturated rings. The molecule has 1 atom stereocenters. The fourth-order valence-corrected chi connectivity index (χ4v) is 1.54. The third-order valence-corrected chi connectivity index (χ3v) is 2.81. The van der Waals surface area contributed by atoms with E-state index in [9.17, 15) is 4.79 Å². The van der Waals surface area contributed by atoms with Crippen molar-refractivity contribution in [2.75, 3.05) is 0 Å². The third-order valence-electron chi connectivity index (χ3n) is 1.79. The zero-order chi connectivity index (χ0) is 12.3. The molecular weight excluding hydrogens is 274 g/mol. The van der Waals surface area contributed by atoms with Crippen molar-refractivity contribution >= 4 is 40.7 Å². The second-order valence-corrected chi connectivity index (χ2v) is 4.19. The van der Waals surface area contributed by atoms with E-state index in [4.69, 9.17) is 45.4 Å². The number of halogens is 3. The Balaban J connectivity index is 2.89. The van der Waals surface area contributed by atoms with Crippen molar-refractivity contribution in [2.45, 2.75) is 13.0 Å². The van der Waals surface area contributed by atoms with E-state index < -0.39 is 12.0 Å². The number of ether oxygens (including phenoxy) is 1. The summed E-state index contributed by atoms with van der Waals surface area (Å²) in [6, 6.07) is 2.88. The second-order valence-electron chi connectivity index (χ2n) is 2.97. The average Bonchev–Trinajstić information content (AvgIpc) is 2.24. The van der Waals surface area contributed by atoms with Gasteiger partial charge in [0.05, 0.1) is 15.1 Å². The lowest BCUT2D eigenvalue weighted by Crippen LogP contribution is -2.40. The summed E-state index contributed by atoms with van der Waals surface area (Å²) in [5, 5.41) is 0.877. The van der Waals surface area contributed by atoms with Crippen molar-refractivity contribution in [1.29, 1.82) is 0 Å². The van der Waals surface area contributed by atoms with E-state index >= 15 is 0 Å². The Hall–Kier alpha value is -0.680. The number of carbonyl (C=O) groups excluding carboxylic acids is 1. The smallest absolute Gasteiger partial charge is 0.274 e. The van der Waals surface area contributed by atoms with Crippen molar-refractivity contribution < 1.29 is 9.53 Å². The predicted molar refractivity (Wildman–Crippen MR) is 63.9 cm³/mol. The van der Waals surface area contributed by atoms with E-state index in [2.05, 4.69) is 0 Å². The van der Waals surface area contributed by atoms with Crippen molar-refractivity contribution in [3.05, 3.63) is 27.2 Å². The largest absolute Gasteiger partial charge is 0.479 e. The van der Waals surface area contributed by atoms with Crippen LogP contribution in [0.4, 0.5) is 0 Å². The van der Waals surface area contributed by atoms with Gasteiger partial charge < -0.3 is 4.74 Å². The molecule has 0 saturated carbocycles. The molecule has 16 heavy (non-hydrogen) atoms. The van der Waals surface area contributed by atoms with Gasteiger partial charge in [-0.15, -0.1) is 0 Å². The fraction of sp³-hybridized carbons (Fsp3) is 0.222. The molecule has 7 heteroatoms. The van der Waals surface area contributed by atoms with Crippen LogP contribution >= 0.6 is 34.8 Å². The van der Waals surface area contributed by atoms with Crippen LogP contribution in [0.2, 0.25) is 15.1 Å². The minimum atomic E-state index is -0.778. The summed E-state index contributed by atoms with van der Waals surface area (Å²) in [5.74, 6) is 4.76. The van der Waals surface area contributed by atoms with Gasteiger partial charge in [0.2, 0.25) is 0 Å². The molecule has 0 spiro atoms. The van der Waals surface area contributed by atoms with E-state index in [1.807, 2.05) is 5.43 Å². The van der Waals surface area contributed by atoms with Gasteiger partial charge in [0.1, 0.15) is 5.75 Å². The predicted octanol–water partition coefficient (Wildman–Crippen LogP) is 2.40. The molecule has 0 aromatic heterocycles. The van der Waals surface area contributed by atoms with Crippen LogP contribution in [0.1, 0.15) is 6.92 Å². The average molecular weight is 284 g/mol. The highest BCUT2D eigenvalue weighted by atomic mass is 35.5. The van der Waals surface area contributed by atoms with Crippen LogP contribution in [0.5, 0.6) is 5.75 Å². The van der Waals surface area contributed by atoms with Gasteiger partial charge >= 0.3 is 0 Å². The Bertz CT molecular complexity index is 412. The van der Waals surface area contributed by atoms with Crippen LogP contribution in [0, 0.1) is 0 Å². The molecule has 0 aliphatic rings. The summed E-state index contributed by atoms with van der Waals surface area (Å²) in [6.45, 7) is 1.53. The van der Waals surface area contributed by atoms with Gasteiger partial charge in [-0.05, 0) is 13.0 Å². The van der Waals surface area contributed by atoms with E-state index in [-0.39, 0.29) is 10.8 Å². The zero-order valence-electron chi connectivity index (χ0n) is 8.26. The van der Waals surface area contributed by atoms with Crippen LogP contribution in [-0.2, 0) is 4.79 Å². The maximum atomic E-state index is 11.1. The van der Waals surface area contributed by atoms with Crippen molar-refractivity contribution in [3.63, 3.8) is 0 Å². The Morgan fingerprint density at radius 2 is 1.88 bits per heavy atom. The lowest BCUT2D eigenvalue weighted by Gasteiger charge is -2.14. The number of nitrogens with two attached hydrogens (primary N) is 1. The van der Waals surface area contributed by atoms with Crippen molar-refractivity contribution in [3.8, 4) is 5.75 Å². The minimum absolute atomic E-state index is 0.270. The SMILES string of the molecule is CC(Oc1cc(Cl)c(Cl)cc1Cl)C(=O)NN. The first kappa shape index (κ1) is 13.4. The van der Waals surface area contributed by atoms with Crippen LogP contribution < -0.4 is 16.0 Å². The molecule has 0 heterocycles. The Labute approximate surface area is 108 Å². The van der Waals surface area contributed by atoms with Gasteiger partial charge in [-0.3, -0.25) is 10.2 Å². The Morgan fingerprint density at radius 1 is 1.31 bits per heavy atom.